The summed E-state index contributed by atoms with van der Waals surface area (Å²) in [6, 6.07) is 8.19. The molecule has 0 spiro atoms. The average Bonchev–Trinajstić information content (AvgIpc) is 2.83. The van der Waals surface area contributed by atoms with Gasteiger partial charge >= 0.3 is 5.97 Å². The minimum atomic E-state index is -0.269. The normalized spacial score (nSPS) is 15.6. The van der Waals surface area contributed by atoms with Gasteiger partial charge in [-0.2, -0.15) is 0 Å². The van der Waals surface area contributed by atoms with Crippen molar-refractivity contribution in [3.63, 3.8) is 0 Å². The summed E-state index contributed by atoms with van der Waals surface area (Å²) in [5, 5.41) is 0.555. The maximum atomic E-state index is 12.7. The fraction of sp³-hybridized carbons (Fsp3) is 0.421. The van der Waals surface area contributed by atoms with Crippen LogP contribution < -0.4 is 5.73 Å². The number of benzene rings is 1. The second-order valence-electron chi connectivity index (χ2n) is 6.30. The number of rotatable bonds is 3. The summed E-state index contributed by atoms with van der Waals surface area (Å²) >= 11 is 1.46. The second-order valence-corrected chi connectivity index (χ2v) is 7.56. The highest BCUT2D eigenvalue weighted by atomic mass is 32.1. The third-order valence-electron chi connectivity index (χ3n) is 4.48. The number of ether oxygens (including phenoxy) is 1. The smallest absolute Gasteiger partial charge is 0.342 e. The molecule has 0 radical (unpaired) electrons. The van der Waals surface area contributed by atoms with Gasteiger partial charge < -0.3 is 10.5 Å². The van der Waals surface area contributed by atoms with E-state index in [1.54, 1.807) is 0 Å². The third kappa shape index (κ3) is 3.42. The van der Waals surface area contributed by atoms with Gasteiger partial charge in [0.15, 0.2) is 0 Å². The lowest BCUT2D eigenvalue weighted by molar-refractivity contribution is 0.0213. The van der Waals surface area contributed by atoms with Crippen molar-refractivity contribution in [1.29, 1.82) is 0 Å². The van der Waals surface area contributed by atoms with Crippen molar-refractivity contribution < 1.29 is 9.53 Å². The van der Waals surface area contributed by atoms with Gasteiger partial charge in [-0.15, -0.1) is 11.3 Å². The standard InChI is InChI=1S/C19H23NO2S/c1-12-8-10-14(11-9-12)16-13(2)23-18(20)17(16)19(21)22-15-6-4-3-5-7-15/h8-11,15H,3-7,20H2,1-2H3. The fourth-order valence-electron chi connectivity index (χ4n) is 3.23. The molecular weight excluding hydrogens is 306 g/mol. The summed E-state index contributed by atoms with van der Waals surface area (Å²) in [6.45, 7) is 4.06. The van der Waals surface area contributed by atoms with Crippen LogP contribution in [0.15, 0.2) is 24.3 Å². The maximum absolute atomic E-state index is 12.7. The van der Waals surface area contributed by atoms with Gasteiger partial charge in [0, 0.05) is 10.4 Å². The molecule has 23 heavy (non-hydrogen) atoms. The Morgan fingerprint density at radius 2 is 1.78 bits per heavy atom. The molecule has 1 heterocycles. The Bertz CT molecular complexity index is 697. The number of carbonyl (C=O) groups is 1. The molecule has 0 atom stereocenters. The zero-order valence-corrected chi connectivity index (χ0v) is 14.5. The molecule has 0 unspecified atom stereocenters. The van der Waals surface area contributed by atoms with Crippen LogP contribution in [0.4, 0.5) is 5.00 Å². The van der Waals surface area contributed by atoms with E-state index in [4.69, 9.17) is 10.5 Å². The van der Waals surface area contributed by atoms with Gasteiger partial charge in [0.25, 0.3) is 0 Å². The van der Waals surface area contributed by atoms with E-state index in [9.17, 15) is 4.79 Å². The number of aryl methyl sites for hydroxylation is 2. The van der Waals surface area contributed by atoms with Crippen molar-refractivity contribution in [3.05, 3.63) is 40.3 Å². The summed E-state index contributed by atoms with van der Waals surface area (Å²) in [5.74, 6) is -0.269. The summed E-state index contributed by atoms with van der Waals surface area (Å²) < 4.78 is 5.75. The van der Waals surface area contributed by atoms with Gasteiger partial charge in [-0.1, -0.05) is 36.2 Å². The van der Waals surface area contributed by atoms with E-state index >= 15 is 0 Å². The Balaban J connectivity index is 1.92. The summed E-state index contributed by atoms with van der Waals surface area (Å²) in [4.78, 5) is 13.8. The number of anilines is 1. The number of carbonyl (C=O) groups excluding carboxylic acids is 1. The van der Waals surface area contributed by atoms with Gasteiger partial charge in [0.1, 0.15) is 16.7 Å². The molecule has 1 saturated carbocycles. The molecule has 2 aromatic rings. The highest BCUT2D eigenvalue weighted by Gasteiger charge is 2.26. The molecule has 1 aromatic heterocycles. The largest absolute Gasteiger partial charge is 0.459 e. The first kappa shape index (κ1) is 16.1. The van der Waals surface area contributed by atoms with Crippen molar-refractivity contribution in [2.45, 2.75) is 52.1 Å². The van der Waals surface area contributed by atoms with Crippen LogP contribution in [0.2, 0.25) is 0 Å². The van der Waals surface area contributed by atoms with E-state index in [2.05, 4.69) is 19.1 Å². The molecular formula is C19H23NO2S. The second kappa shape index (κ2) is 6.75. The minimum absolute atomic E-state index is 0.0433. The molecule has 0 bridgehead atoms. The van der Waals surface area contributed by atoms with E-state index < -0.39 is 0 Å². The summed E-state index contributed by atoms with van der Waals surface area (Å²) in [5.41, 5.74) is 9.82. The molecule has 2 N–H and O–H groups in total. The molecule has 3 rings (SSSR count). The highest BCUT2D eigenvalue weighted by molar-refractivity contribution is 7.16. The van der Waals surface area contributed by atoms with Crippen molar-refractivity contribution in [1.82, 2.24) is 0 Å². The van der Waals surface area contributed by atoms with E-state index in [1.165, 1.54) is 23.3 Å². The fourth-order valence-corrected chi connectivity index (χ4v) is 4.17. The van der Waals surface area contributed by atoms with E-state index in [0.717, 1.165) is 41.7 Å². The van der Waals surface area contributed by atoms with Gasteiger partial charge in [-0.3, -0.25) is 0 Å². The first-order valence-corrected chi connectivity index (χ1v) is 9.05. The highest BCUT2D eigenvalue weighted by Crippen LogP contribution is 2.39. The van der Waals surface area contributed by atoms with Crippen LogP contribution in [0, 0.1) is 13.8 Å². The maximum Gasteiger partial charge on any atom is 0.342 e. The van der Waals surface area contributed by atoms with Crippen molar-refractivity contribution in [2.24, 2.45) is 0 Å². The van der Waals surface area contributed by atoms with Crippen LogP contribution in [-0.2, 0) is 4.74 Å². The Labute approximate surface area is 141 Å². The quantitative estimate of drug-likeness (QED) is 0.797. The third-order valence-corrected chi connectivity index (χ3v) is 5.42. The Hall–Kier alpha value is -1.81. The van der Waals surface area contributed by atoms with Crippen molar-refractivity contribution in [3.8, 4) is 11.1 Å². The van der Waals surface area contributed by atoms with E-state index in [-0.39, 0.29) is 12.1 Å². The first-order valence-electron chi connectivity index (χ1n) is 8.23. The Morgan fingerprint density at radius 3 is 2.43 bits per heavy atom. The molecule has 1 aliphatic rings. The van der Waals surface area contributed by atoms with Gasteiger partial charge in [0.2, 0.25) is 0 Å². The molecule has 1 fully saturated rings. The lowest BCUT2D eigenvalue weighted by atomic mass is 9.97. The monoisotopic (exact) mass is 329 g/mol. The summed E-state index contributed by atoms with van der Waals surface area (Å²) in [7, 11) is 0. The number of nitrogens with two attached hydrogens (primary N) is 1. The number of esters is 1. The molecule has 0 aliphatic heterocycles. The zero-order valence-electron chi connectivity index (χ0n) is 13.7. The lowest BCUT2D eigenvalue weighted by Gasteiger charge is -2.22. The number of hydrogen-bond acceptors (Lipinski definition) is 4. The van der Waals surface area contributed by atoms with Crippen LogP contribution in [0.5, 0.6) is 0 Å². The van der Waals surface area contributed by atoms with Crippen LogP contribution in [-0.4, -0.2) is 12.1 Å². The molecule has 3 nitrogen and oxygen atoms in total. The van der Waals surface area contributed by atoms with Gasteiger partial charge in [0.05, 0.1) is 0 Å². The molecule has 1 aromatic carbocycles. The Morgan fingerprint density at radius 1 is 1.13 bits per heavy atom. The van der Waals surface area contributed by atoms with Crippen LogP contribution in [0.25, 0.3) is 11.1 Å². The van der Waals surface area contributed by atoms with Gasteiger partial charge in [-0.25, -0.2) is 4.79 Å². The molecule has 1 aliphatic carbocycles. The van der Waals surface area contributed by atoms with E-state index in [1.807, 2.05) is 19.1 Å². The predicted molar refractivity (Wildman–Crippen MR) is 95.9 cm³/mol. The number of thiophene rings is 1. The topological polar surface area (TPSA) is 52.3 Å². The SMILES string of the molecule is Cc1ccc(-c2c(C)sc(N)c2C(=O)OC2CCCCC2)cc1. The number of hydrogen-bond donors (Lipinski definition) is 1. The van der Waals surface area contributed by atoms with Crippen molar-refractivity contribution in [2.75, 3.05) is 5.73 Å². The number of nitrogen functional groups attached to an aromatic ring is 1. The van der Waals surface area contributed by atoms with Gasteiger partial charge in [-0.05, 0) is 45.1 Å². The Kier molecular flexibility index (Phi) is 4.71. The lowest BCUT2D eigenvalue weighted by Crippen LogP contribution is -2.21. The van der Waals surface area contributed by atoms with Crippen molar-refractivity contribution >= 4 is 22.3 Å². The van der Waals surface area contributed by atoms with E-state index in [0.29, 0.717) is 10.6 Å². The van der Waals surface area contributed by atoms with Crippen LogP contribution in [0.3, 0.4) is 0 Å². The average molecular weight is 329 g/mol. The predicted octanol–water partition coefficient (Wildman–Crippen LogP) is 5.10. The van der Waals surface area contributed by atoms with Crippen LogP contribution in [0.1, 0.15) is 52.9 Å². The molecule has 4 heteroatoms. The molecule has 122 valence electrons. The minimum Gasteiger partial charge on any atom is -0.459 e. The first-order chi connectivity index (χ1) is 11.1. The zero-order chi connectivity index (χ0) is 16.4. The molecule has 0 saturated heterocycles. The van der Waals surface area contributed by atoms with Crippen LogP contribution >= 0.6 is 11.3 Å². The summed E-state index contributed by atoms with van der Waals surface area (Å²) in [6.07, 6.45) is 5.50. The molecule has 0 amide bonds.